The van der Waals surface area contributed by atoms with Gasteiger partial charge in [0.1, 0.15) is 4.88 Å². The molecular weight excluding hydrogens is 330 g/mol. The Morgan fingerprint density at radius 1 is 1.46 bits per heavy atom. The second-order valence-corrected chi connectivity index (χ2v) is 5.83. The van der Waals surface area contributed by atoms with Crippen molar-refractivity contribution in [2.24, 2.45) is 17.3 Å². The number of methoxy groups -OCH3 is 1. The molecule has 0 amide bonds. The topological polar surface area (TPSA) is 85.4 Å². The number of hydrogen-bond acceptors (Lipinski definition) is 7. The van der Waals surface area contributed by atoms with Crippen molar-refractivity contribution in [1.82, 2.24) is 4.57 Å². The van der Waals surface area contributed by atoms with Crippen LogP contribution in [0.5, 0.6) is 11.5 Å². The number of ether oxygens (including phenoxy) is 2. The minimum atomic E-state index is -0.357. The van der Waals surface area contributed by atoms with E-state index in [9.17, 15) is 9.90 Å². The molecule has 0 unspecified atom stereocenters. The van der Waals surface area contributed by atoms with Crippen LogP contribution in [0.4, 0.5) is 0 Å². The number of aromatic nitrogens is 1. The number of benzene rings is 1. The van der Waals surface area contributed by atoms with E-state index in [1.807, 2.05) is 14.0 Å². The van der Waals surface area contributed by atoms with Gasteiger partial charge in [-0.2, -0.15) is 5.10 Å². The first kappa shape index (κ1) is 17.7. The number of hydrogen-bond donors (Lipinski definition) is 1. The van der Waals surface area contributed by atoms with Crippen molar-refractivity contribution in [1.29, 1.82) is 0 Å². The Morgan fingerprint density at radius 3 is 2.88 bits per heavy atom. The molecule has 0 atom stereocenters. The van der Waals surface area contributed by atoms with Crippen molar-refractivity contribution in [3.63, 3.8) is 0 Å². The van der Waals surface area contributed by atoms with E-state index in [2.05, 4.69) is 10.2 Å². The monoisotopic (exact) mass is 349 g/mol. The molecule has 1 N–H and O–H groups in total. The standard InChI is InChI=1S/C16H19N3O4S/c1-5-23-15(21)14-10(2)19(3)16(24-14)18-17-9-11-6-7-12(20)13(8-11)22-4/h6-9,20H,5H2,1-4H3/b17-9+,18-16+. The molecule has 8 heteroatoms. The smallest absolute Gasteiger partial charge is 0.350 e. The summed E-state index contributed by atoms with van der Waals surface area (Å²) in [7, 11) is 3.29. The van der Waals surface area contributed by atoms with Crippen LogP contribution in [0.1, 0.15) is 27.9 Å². The Balaban J connectivity index is 2.29. The lowest BCUT2D eigenvalue weighted by molar-refractivity contribution is 0.0530. The van der Waals surface area contributed by atoms with Gasteiger partial charge in [0, 0.05) is 12.7 Å². The third kappa shape index (κ3) is 3.83. The molecule has 1 aromatic carbocycles. The van der Waals surface area contributed by atoms with Gasteiger partial charge in [-0.15, -0.1) is 5.10 Å². The largest absolute Gasteiger partial charge is 0.504 e. The molecular formula is C16H19N3O4S. The first-order valence-corrected chi connectivity index (χ1v) is 8.07. The summed E-state index contributed by atoms with van der Waals surface area (Å²) in [5.41, 5.74) is 1.51. The van der Waals surface area contributed by atoms with Crippen LogP contribution in [0.3, 0.4) is 0 Å². The maximum Gasteiger partial charge on any atom is 0.350 e. The van der Waals surface area contributed by atoms with Crippen molar-refractivity contribution in [2.75, 3.05) is 13.7 Å². The second-order valence-electron chi connectivity index (χ2n) is 4.85. The fraction of sp³-hybridized carbons (Fsp3) is 0.312. The molecule has 0 saturated heterocycles. The predicted molar refractivity (Wildman–Crippen MR) is 91.8 cm³/mol. The summed E-state index contributed by atoms with van der Waals surface area (Å²) >= 11 is 1.22. The number of aromatic hydroxyl groups is 1. The SMILES string of the molecule is CCOC(=O)c1s/c(=N/N=C/c2ccc(O)c(OC)c2)n(C)c1C. The van der Waals surface area contributed by atoms with E-state index in [4.69, 9.17) is 9.47 Å². The van der Waals surface area contributed by atoms with Gasteiger partial charge >= 0.3 is 5.97 Å². The molecule has 0 radical (unpaired) electrons. The van der Waals surface area contributed by atoms with Crippen LogP contribution in [-0.2, 0) is 11.8 Å². The van der Waals surface area contributed by atoms with E-state index >= 15 is 0 Å². The minimum Gasteiger partial charge on any atom is -0.504 e. The van der Waals surface area contributed by atoms with Crippen LogP contribution in [0.15, 0.2) is 28.4 Å². The van der Waals surface area contributed by atoms with E-state index in [0.29, 0.717) is 22.0 Å². The van der Waals surface area contributed by atoms with E-state index in [1.54, 1.807) is 29.8 Å². The first-order chi connectivity index (χ1) is 11.5. The van der Waals surface area contributed by atoms with Crippen molar-refractivity contribution < 1.29 is 19.4 Å². The highest BCUT2D eigenvalue weighted by Gasteiger charge is 2.15. The van der Waals surface area contributed by atoms with Crippen molar-refractivity contribution in [3.05, 3.63) is 39.1 Å². The van der Waals surface area contributed by atoms with Gasteiger partial charge in [0.2, 0.25) is 4.80 Å². The Hall–Kier alpha value is -2.61. The summed E-state index contributed by atoms with van der Waals surface area (Å²) in [6.07, 6.45) is 1.54. The number of carbonyl (C=O) groups excluding carboxylic acids is 1. The molecule has 1 heterocycles. The van der Waals surface area contributed by atoms with Gasteiger partial charge in [-0.3, -0.25) is 0 Å². The number of phenols is 1. The number of phenolic OH excluding ortho intramolecular Hbond substituents is 1. The fourth-order valence-corrected chi connectivity index (χ4v) is 2.89. The zero-order chi connectivity index (χ0) is 17.7. The third-order valence-corrected chi connectivity index (χ3v) is 4.53. The Kier molecular flexibility index (Phi) is 5.75. The lowest BCUT2D eigenvalue weighted by atomic mass is 10.2. The van der Waals surface area contributed by atoms with Gasteiger partial charge in [0.05, 0.1) is 19.9 Å². The lowest BCUT2D eigenvalue weighted by Gasteiger charge is -2.02. The molecule has 0 fully saturated rings. The number of nitrogens with zero attached hydrogens (tertiary/aromatic N) is 3. The molecule has 128 valence electrons. The zero-order valence-electron chi connectivity index (χ0n) is 13.9. The van der Waals surface area contributed by atoms with Crippen LogP contribution in [-0.4, -0.2) is 35.6 Å². The predicted octanol–water partition coefficient (Wildman–Crippen LogP) is 2.22. The highest BCUT2D eigenvalue weighted by Crippen LogP contribution is 2.25. The van der Waals surface area contributed by atoms with E-state index in [0.717, 1.165) is 11.3 Å². The van der Waals surface area contributed by atoms with Crippen LogP contribution < -0.4 is 9.54 Å². The minimum absolute atomic E-state index is 0.0611. The van der Waals surface area contributed by atoms with Crippen LogP contribution in [0.2, 0.25) is 0 Å². The zero-order valence-corrected chi connectivity index (χ0v) is 14.8. The summed E-state index contributed by atoms with van der Waals surface area (Å²) in [4.78, 5) is 13.0. The average Bonchev–Trinajstić information content (AvgIpc) is 2.85. The Bertz CT molecular complexity index is 836. The molecule has 1 aromatic heterocycles. The van der Waals surface area contributed by atoms with Gasteiger partial charge in [-0.25, -0.2) is 4.79 Å². The molecule has 2 aromatic rings. The lowest BCUT2D eigenvalue weighted by Crippen LogP contribution is -2.11. The molecule has 7 nitrogen and oxygen atoms in total. The number of esters is 1. The molecule has 0 saturated carbocycles. The summed E-state index contributed by atoms with van der Waals surface area (Å²) in [5.74, 6) is 0.0660. The van der Waals surface area contributed by atoms with Gasteiger partial charge in [-0.05, 0) is 37.6 Å². The van der Waals surface area contributed by atoms with Gasteiger partial charge < -0.3 is 19.1 Å². The van der Waals surface area contributed by atoms with E-state index in [1.165, 1.54) is 24.5 Å². The molecule has 0 aliphatic heterocycles. The maximum absolute atomic E-state index is 11.9. The quantitative estimate of drug-likeness (QED) is 0.509. The van der Waals surface area contributed by atoms with Crippen LogP contribution in [0, 0.1) is 6.92 Å². The van der Waals surface area contributed by atoms with Crippen molar-refractivity contribution >= 4 is 23.5 Å². The average molecular weight is 349 g/mol. The molecule has 24 heavy (non-hydrogen) atoms. The first-order valence-electron chi connectivity index (χ1n) is 7.25. The number of thiazole rings is 1. The number of carbonyl (C=O) groups is 1. The van der Waals surface area contributed by atoms with Gasteiger partial charge in [0.25, 0.3) is 0 Å². The number of rotatable bonds is 5. The fourth-order valence-electron chi connectivity index (χ4n) is 1.92. The molecule has 2 rings (SSSR count). The maximum atomic E-state index is 11.9. The van der Waals surface area contributed by atoms with Crippen molar-refractivity contribution in [3.8, 4) is 11.5 Å². The summed E-state index contributed by atoms with van der Waals surface area (Å²) in [6, 6.07) is 4.87. The van der Waals surface area contributed by atoms with Crippen molar-refractivity contribution in [2.45, 2.75) is 13.8 Å². The normalized spacial score (nSPS) is 11.9. The Labute approximate surface area is 143 Å². The Morgan fingerprint density at radius 2 is 2.21 bits per heavy atom. The highest BCUT2D eigenvalue weighted by molar-refractivity contribution is 7.11. The molecule has 0 bridgehead atoms. The van der Waals surface area contributed by atoms with Gasteiger partial charge in [-0.1, -0.05) is 11.3 Å². The third-order valence-electron chi connectivity index (χ3n) is 3.33. The summed E-state index contributed by atoms with van der Waals surface area (Å²) < 4.78 is 11.9. The van der Waals surface area contributed by atoms with Gasteiger partial charge in [0.15, 0.2) is 11.5 Å². The molecule has 0 aliphatic carbocycles. The van der Waals surface area contributed by atoms with E-state index < -0.39 is 0 Å². The summed E-state index contributed by atoms with van der Waals surface area (Å²) in [5, 5.41) is 17.7. The molecule has 0 spiro atoms. The van der Waals surface area contributed by atoms with E-state index in [-0.39, 0.29) is 11.7 Å². The second kappa shape index (κ2) is 7.78. The highest BCUT2D eigenvalue weighted by atomic mass is 32.1. The van der Waals surface area contributed by atoms with Crippen LogP contribution >= 0.6 is 11.3 Å². The van der Waals surface area contributed by atoms with Crippen LogP contribution in [0.25, 0.3) is 0 Å². The summed E-state index contributed by atoms with van der Waals surface area (Å²) in [6.45, 7) is 3.92. The molecule has 0 aliphatic rings.